The highest BCUT2D eigenvalue weighted by Crippen LogP contribution is 2.44. The number of carboxylic acid groups (broad SMARTS) is 1. The average molecular weight is 360 g/mol. The summed E-state index contributed by atoms with van der Waals surface area (Å²) in [6, 6.07) is 7.58. The Morgan fingerprint density at radius 2 is 1.81 bits per heavy atom. The van der Waals surface area contributed by atoms with Crippen LogP contribution in [-0.4, -0.2) is 17.0 Å². The smallest absolute Gasteiger partial charge is 0.309 e. The lowest BCUT2D eigenvalue weighted by atomic mass is 9.78. The molecule has 4 nitrogen and oxygen atoms in total. The van der Waals surface area contributed by atoms with E-state index >= 15 is 0 Å². The van der Waals surface area contributed by atoms with E-state index in [0.717, 1.165) is 49.8 Å². The molecule has 1 saturated carbocycles. The fourth-order valence-electron chi connectivity index (χ4n) is 3.81. The van der Waals surface area contributed by atoms with Crippen LogP contribution in [0, 0.1) is 16.7 Å². The number of hydrogen-bond acceptors (Lipinski definition) is 2. The molecule has 26 heavy (non-hydrogen) atoms. The maximum Gasteiger partial charge on any atom is 0.309 e. The second kappa shape index (κ2) is 8.24. The Morgan fingerprint density at radius 3 is 2.38 bits per heavy atom. The molecule has 1 aliphatic carbocycles. The van der Waals surface area contributed by atoms with Gasteiger partial charge in [0.2, 0.25) is 5.91 Å². The number of anilines is 1. The molecule has 2 N–H and O–H groups in total. The van der Waals surface area contributed by atoms with Crippen LogP contribution >= 0.6 is 0 Å². The zero-order valence-electron chi connectivity index (χ0n) is 16.6. The van der Waals surface area contributed by atoms with E-state index in [1.54, 1.807) is 13.8 Å². The Morgan fingerprint density at radius 1 is 1.19 bits per heavy atom. The van der Waals surface area contributed by atoms with Crippen molar-refractivity contribution in [2.45, 2.75) is 72.6 Å². The van der Waals surface area contributed by atoms with Gasteiger partial charge in [0, 0.05) is 11.1 Å². The number of nitrogens with one attached hydrogen (secondary N) is 1. The highest BCUT2D eigenvalue weighted by Gasteiger charge is 2.41. The minimum atomic E-state index is -0.872. The summed E-state index contributed by atoms with van der Waals surface area (Å²) in [4.78, 5) is 24.7. The van der Waals surface area contributed by atoms with Crippen LogP contribution < -0.4 is 5.32 Å². The molecule has 0 spiro atoms. The third-order valence-electron chi connectivity index (χ3n) is 5.72. The van der Waals surface area contributed by atoms with Crippen molar-refractivity contribution in [3.05, 3.63) is 29.8 Å². The lowest BCUT2D eigenvalue weighted by Gasteiger charge is -2.29. The number of benzene rings is 1. The van der Waals surface area contributed by atoms with E-state index in [9.17, 15) is 14.7 Å². The number of rotatable bonds is 8. The van der Waals surface area contributed by atoms with Gasteiger partial charge in [-0.1, -0.05) is 44.9 Å². The molecule has 0 aliphatic heterocycles. The fraction of sp³-hybridized carbons (Fsp3) is 0.636. The van der Waals surface area contributed by atoms with Crippen LogP contribution in [0.4, 0.5) is 5.69 Å². The van der Waals surface area contributed by atoms with E-state index in [4.69, 9.17) is 0 Å². The van der Waals surface area contributed by atoms with E-state index in [1.807, 2.05) is 24.3 Å². The first-order valence-electron chi connectivity index (χ1n) is 9.79. The van der Waals surface area contributed by atoms with Crippen molar-refractivity contribution in [1.29, 1.82) is 0 Å². The molecular weight excluding hydrogens is 326 g/mol. The number of hydrogen-bond donors (Lipinski definition) is 2. The zero-order valence-corrected chi connectivity index (χ0v) is 16.6. The number of carbonyl (C=O) groups excluding carboxylic acids is 1. The molecule has 0 bridgehead atoms. The molecule has 0 radical (unpaired) electrons. The lowest BCUT2D eigenvalue weighted by Crippen LogP contribution is -2.35. The van der Waals surface area contributed by atoms with Crippen molar-refractivity contribution in [2.24, 2.45) is 16.7 Å². The second-order valence-corrected chi connectivity index (χ2v) is 8.90. The van der Waals surface area contributed by atoms with Crippen molar-refractivity contribution >= 4 is 17.6 Å². The summed E-state index contributed by atoms with van der Waals surface area (Å²) in [6.45, 7) is 7.83. The number of carboxylic acids is 1. The van der Waals surface area contributed by atoms with Crippen LogP contribution in [0.5, 0.6) is 0 Å². The van der Waals surface area contributed by atoms with Gasteiger partial charge in [-0.25, -0.2) is 0 Å². The minimum absolute atomic E-state index is 0.108. The molecule has 1 fully saturated rings. The standard InChI is InChI=1S/C22H33NO3/c1-16(2)11-14-22(12-7-8-13-22)19(24)23-18-10-6-5-9-17(18)15-21(3,4)20(25)26/h5-6,9-10,16H,7-8,11-15H2,1-4H3,(H,23,24)(H,25,26). The van der Waals surface area contributed by atoms with E-state index in [-0.39, 0.29) is 11.3 Å². The van der Waals surface area contributed by atoms with Crippen LogP contribution in [0.2, 0.25) is 0 Å². The van der Waals surface area contributed by atoms with Crippen LogP contribution in [0.1, 0.15) is 71.8 Å². The zero-order chi connectivity index (χ0) is 19.4. The highest BCUT2D eigenvalue weighted by atomic mass is 16.4. The summed E-state index contributed by atoms with van der Waals surface area (Å²) in [7, 11) is 0. The van der Waals surface area contributed by atoms with Crippen LogP contribution in [0.3, 0.4) is 0 Å². The predicted molar refractivity (Wildman–Crippen MR) is 105 cm³/mol. The summed E-state index contributed by atoms with van der Waals surface area (Å²) in [5.41, 5.74) is 0.497. The highest BCUT2D eigenvalue weighted by molar-refractivity contribution is 5.96. The lowest BCUT2D eigenvalue weighted by molar-refractivity contribution is -0.146. The van der Waals surface area contributed by atoms with Crippen LogP contribution in [-0.2, 0) is 16.0 Å². The molecule has 0 aromatic heterocycles. The van der Waals surface area contributed by atoms with Crippen molar-refractivity contribution in [2.75, 3.05) is 5.32 Å². The van der Waals surface area contributed by atoms with Crippen molar-refractivity contribution in [3.63, 3.8) is 0 Å². The summed E-state index contributed by atoms with van der Waals surface area (Å²) >= 11 is 0. The van der Waals surface area contributed by atoms with E-state index in [1.165, 1.54) is 0 Å². The molecule has 1 aromatic rings. The van der Waals surface area contributed by atoms with Crippen molar-refractivity contribution in [1.82, 2.24) is 0 Å². The first kappa shape index (κ1) is 20.5. The molecule has 1 aromatic carbocycles. The summed E-state index contributed by atoms with van der Waals surface area (Å²) in [6.07, 6.45) is 6.50. The molecule has 0 heterocycles. The average Bonchev–Trinajstić information content (AvgIpc) is 3.04. The molecule has 4 heteroatoms. The van der Waals surface area contributed by atoms with Gasteiger partial charge in [-0.15, -0.1) is 0 Å². The van der Waals surface area contributed by atoms with Gasteiger partial charge in [0.05, 0.1) is 5.41 Å². The molecule has 0 saturated heterocycles. The van der Waals surface area contributed by atoms with Gasteiger partial charge in [0.25, 0.3) is 0 Å². The molecule has 0 unspecified atom stereocenters. The minimum Gasteiger partial charge on any atom is -0.481 e. The van der Waals surface area contributed by atoms with E-state index in [0.29, 0.717) is 12.3 Å². The first-order chi connectivity index (χ1) is 12.2. The topological polar surface area (TPSA) is 66.4 Å². The largest absolute Gasteiger partial charge is 0.481 e. The monoisotopic (exact) mass is 359 g/mol. The SMILES string of the molecule is CC(C)CCC1(C(=O)Nc2ccccc2CC(C)(C)C(=O)O)CCCC1. The normalized spacial score (nSPS) is 16.7. The number of aliphatic carboxylic acids is 1. The third-order valence-corrected chi connectivity index (χ3v) is 5.72. The maximum atomic E-state index is 13.2. The van der Waals surface area contributed by atoms with Gasteiger partial charge >= 0.3 is 5.97 Å². The molecule has 144 valence electrons. The second-order valence-electron chi connectivity index (χ2n) is 8.90. The van der Waals surface area contributed by atoms with Gasteiger partial charge < -0.3 is 10.4 Å². The quantitative estimate of drug-likeness (QED) is 0.664. The Bertz CT molecular complexity index is 643. The molecule has 1 amide bonds. The molecular formula is C22H33NO3. The Labute approximate surface area is 157 Å². The van der Waals surface area contributed by atoms with Gasteiger partial charge in [-0.3, -0.25) is 9.59 Å². The predicted octanol–water partition coefficient (Wildman–Crippen LogP) is 5.28. The van der Waals surface area contributed by atoms with Crippen LogP contribution in [0.25, 0.3) is 0 Å². The number of para-hydroxylation sites is 1. The Kier molecular flexibility index (Phi) is 6.48. The summed E-state index contributed by atoms with van der Waals surface area (Å²) < 4.78 is 0. The van der Waals surface area contributed by atoms with Crippen molar-refractivity contribution < 1.29 is 14.7 Å². The fourth-order valence-corrected chi connectivity index (χ4v) is 3.81. The van der Waals surface area contributed by atoms with Crippen LogP contribution in [0.15, 0.2) is 24.3 Å². The third kappa shape index (κ3) is 4.87. The van der Waals surface area contributed by atoms with E-state index in [2.05, 4.69) is 19.2 Å². The van der Waals surface area contributed by atoms with Crippen molar-refractivity contribution in [3.8, 4) is 0 Å². The Balaban J connectivity index is 2.19. The maximum absolute atomic E-state index is 13.2. The summed E-state index contributed by atoms with van der Waals surface area (Å²) in [5, 5.41) is 12.6. The first-order valence-corrected chi connectivity index (χ1v) is 9.79. The Hall–Kier alpha value is -1.84. The van der Waals surface area contributed by atoms with E-state index < -0.39 is 11.4 Å². The number of amides is 1. The van der Waals surface area contributed by atoms with Gasteiger partial charge in [-0.05, 0) is 63.5 Å². The molecule has 2 rings (SSSR count). The van der Waals surface area contributed by atoms with Gasteiger partial charge in [0.15, 0.2) is 0 Å². The van der Waals surface area contributed by atoms with Gasteiger partial charge in [0.1, 0.15) is 0 Å². The molecule has 1 aliphatic rings. The summed E-state index contributed by atoms with van der Waals surface area (Å²) in [5.74, 6) is -0.136. The van der Waals surface area contributed by atoms with Gasteiger partial charge in [-0.2, -0.15) is 0 Å². The molecule has 0 atom stereocenters. The number of carbonyl (C=O) groups is 2.